The van der Waals surface area contributed by atoms with Gasteiger partial charge in [-0.15, -0.1) is 0 Å². The van der Waals surface area contributed by atoms with Crippen molar-refractivity contribution in [2.75, 3.05) is 25.2 Å². The first-order valence-corrected chi connectivity index (χ1v) is 9.44. The Hall–Kier alpha value is -2.95. The zero-order valence-corrected chi connectivity index (χ0v) is 15.6. The second-order valence-corrected chi connectivity index (χ2v) is 7.22. The van der Waals surface area contributed by atoms with E-state index in [1.165, 1.54) is 18.4 Å². The third kappa shape index (κ3) is 3.50. The van der Waals surface area contributed by atoms with E-state index in [0.717, 1.165) is 36.3 Å². The van der Waals surface area contributed by atoms with Gasteiger partial charge in [-0.1, -0.05) is 30.3 Å². The first-order valence-electron chi connectivity index (χ1n) is 9.44. The number of aromatic nitrogens is 1. The van der Waals surface area contributed by atoms with Crippen LogP contribution in [0.4, 0.5) is 0 Å². The Morgan fingerprint density at radius 3 is 2.56 bits per heavy atom. The standard InChI is InChI=1S/C22H25N3O2/c1-27-21-15-20-18(14-19(21)22(23)26)9-12-25(20)24-10-7-17(8-11-24)13-16-5-3-2-4-6-16/h2-6,9,12,14-15,17H,7-8,10-11,13H2,1H3,(H2,23,26). The summed E-state index contributed by atoms with van der Waals surface area (Å²) in [6, 6.07) is 16.5. The van der Waals surface area contributed by atoms with Crippen molar-refractivity contribution in [2.24, 2.45) is 11.7 Å². The molecule has 0 bridgehead atoms. The van der Waals surface area contributed by atoms with Crippen LogP contribution in [0.2, 0.25) is 0 Å². The number of ether oxygens (including phenoxy) is 1. The first kappa shape index (κ1) is 17.5. The number of nitrogens with zero attached hydrogens (tertiary/aromatic N) is 2. The molecule has 0 spiro atoms. The number of piperidine rings is 1. The van der Waals surface area contributed by atoms with Crippen LogP contribution in [-0.4, -0.2) is 30.8 Å². The lowest BCUT2D eigenvalue weighted by molar-refractivity contribution is 0.0997. The average molecular weight is 363 g/mol. The quantitative estimate of drug-likeness (QED) is 0.756. The predicted octanol–water partition coefficient (Wildman–Crippen LogP) is 3.34. The molecule has 0 aliphatic carbocycles. The molecule has 1 aromatic heterocycles. The van der Waals surface area contributed by atoms with Crippen LogP contribution >= 0.6 is 0 Å². The molecule has 140 valence electrons. The molecule has 3 aromatic rings. The number of amides is 1. The fraction of sp³-hybridized carbons (Fsp3) is 0.318. The van der Waals surface area contributed by atoms with Crippen molar-refractivity contribution in [1.82, 2.24) is 4.68 Å². The minimum Gasteiger partial charge on any atom is -0.496 e. The molecular formula is C22H25N3O2. The van der Waals surface area contributed by atoms with E-state index in [1.807, 2.05) is 18.2 Å². The minimum absolute atomic E-state index is 0.421. The number of primary amides is 1. The van der Waals surface area contributed by atoms with Crippen molar-refractivity contribution in [3.05, 3.63) is 65.9 Å². The molecule has 0 saturated carbocycles. The van der Waals surface area contributed by atoms with Crippen LogP contribution in [0, 0.1) is 5.92 Å². The number of carbonyl (C=O) groups is 1. The second-order valence-electron chi connectivity index (χ2n) is 7.22. The molecule has 2 N–H and O–H groups in total. The Balaban J connectivity index is 1.51. The van der Waals surface area contributed by atoms with Gasteiger partial charge < -0.3 is 15.5 Å². The van der Waals surface area contributed by atoms with Gasteiger partial charge in [0, 0.05) is 30.7 Å². The number of nitrogens with two attached hydrogens (primary N) is 1. The van der Waals surface area contributed by atoms with Crippen molar-refractivity contribution in [1.29, 1.82) is 0 Å². The second kappa shape index (κ2) is 7.35. The summed E-state index contributed by atoms with van der Waals surface area (Å²) >= 11 is 0. The van der Waals surface area contributed by atoms with Crippen LogP contribution in [0.1, 0.15) is 28.8 Å². The molecule has 2 aromatic carbocycles. The molecule has 0 atom stereocenters. The topological polar surface area (TPSA) is 60.5 Å². The summed E-state index contributed by atoms with van der Waals surface area (Å²) in [5.74, 6) is 0.776. The van der Waals surface area contributed by atoms with Gasteiger partial charge in [0.15, 0.2) is 0 Å². The van der Waals surface area contributed by atoms with Gasteiger partial charge in [0.25, 0.3) is 5.91 Å². The Labute approximate surface area is 159 Å². The van der Waals surface area contributed by atoms with E-state index in [0.29, 0.717) is 11.3 Å². The maximum atomic E-state index is 11.6. The highest BCUT2D eigenvalue weighted by Gasteiger charge is 2.21. The molecule has 0 unspecified atom stereocenters. The fourth-order valence-electron chi connectivity index (χ4n) is 4.04. The van der Waals surface area contributed by atoms with Gasteiger partial charge in [-0.2, -0.15) is 0 Å². The highest BCUT2D eigenvalue weighted by atomic mass is 16.5. The van der Waals surface area contributed by atoms with Crippen LogP contribution in [0.3, 0.4) is 0 Å². The van der Waals surface area contributed by atoms with Crippen molar-refractivity contribution >= 4 is 16.8 Å². The Bertz CT molecular complexity index is 941. The SMILES string of the molecule is COc1cc2c(ccn2N2CCC(Cc3ccccc3)CC2)cc1C(N)=O. The lowest BCUT2D eigenvalue weighted by Gasteiger charge is -2.35. The van der Waals surface area contributed by atoms with Crippen LogP contribution < -0.4 is 15.5 Å². The van der Waals surface area contributed by atoms with E-state index in [2.05, 4.69) is 46.2 Å². The number of fused-ring (bicyclic) bond motifs is 1. The third-order valence-corrected chi connectivity index (χ3v) is 5.52. The van der Waals surface area contributed by atoms with Crippen LogP contribution in [0.15, 0.2) is 54.7 Å². The summed E-state index contributed by atoms with van der Waals surface area (Å²) in [7, 11) is 1.57. The van der Waals surface area contributed by atoms with Crippen LogP contribution in [-0.2, 0) is 6.42 Å². The van der Waals surface area contributed by atoms with Crippen molar-refractivity contribution < 1.29 is 9.53 Å². The predicted molar refractivity (Wildman–Crippen MR) is 108 cm³/mol. The normalized spacial score (nSPS) is 15.2. The van der Waals surface area contributed by atoms with Crippen LogP contribution in [0.5, 0.6) is 5.75 Å². The van der Waals surface area contributed by atoms with Crippen molar-refractivity contribution in [2.45, 2.75) is 19.3 Å². The van der Waals surface area contributed by atoms with Gasteiger partial charge in [-0.05, 0) is 42.9 Å². The van der Waals surface area contributed by atoms with Crippen molar-refractivity contribution in [3.8, 4) is 5.75 Å². The number of benzene rings is 2. The Kier molecular flexibility index (Phi) is 4.75. The molecule has 1 amide bonds. The molecule has 5 nitrogen and oxygen atoms in total. The molecule has 5 heteroatoms. The number of carbonyl (C=O) groups excluding carboxylic acids is 1. The lowest BCUT2D eigenvalue weighted by atomic mass is 9.91. The molecule has 27 heavy (non-hydrogen) atoms. The van der Waals surface area contributed by atoms with Gasteiger partial charge in [0.1, 0.15) is 5.75 Å². The van der Waals surface area contributed by atoms with Gasteiger partial charge >= 0.3 is 0 Å². The molecule has 1 fully saturated rings. The van der Waals surface area contributed by atoms with E-state index < -0.39 is 5.91 Å². The smallest absolute Gasteiger partial charge is 0.252 e. The number of hydrogen-bond acceptors (Lipinski definition) is 3. The summed E-state index contributed by atoms with van der Waals surface area (Å²) in [5.41, 5.74) is 8.36. The molecule has 1 aliphatic heterocycles. The van der Waals surface area contributed by atoms with Gasteiger partial charge in [0.2, 0.25) is 0 Å². The van der Waals surface area contributed by atoms with Gasteiger partial charge in [-0.25, -0.2) is 0 Å². The molecular weight excluding hydrogens is 338 g/mol. The summed E-state index contributed by atoms with van der Waals surface area (Å²) < 4.78 is 7.56. The highest BCUT2D eigenvalue weighted by Crippen LogP contribution is 2.28. The lowest BCUT2D eigenvalue weighted by Crippen LogP contribution is -2.41. The summed E-state index contributed by atoms with van der Waals surface area (Å²) in [6.45, 7) is 2.03. The summed E-state index contributed by atoms with van der Waals surface area (Å²) in [6.07, 6.45) is 5.56. The van der Waals surface area contributed by atoms with E-state index >= 15 is 0 Å². The summed E-state index contributed by atoms with van der Waals surface area (Å²) in [4.78, 5) is 11.6. The minimum atomic E-state index is -0.469. The molecule has 4 rings (SSSR count). The number of methoxy groups -OCH3 is 1. The largest absolute Gasteiger partial charge is 0.496 e. The van der Waals surface area contributed by atoms with Crippen molar-refractivity contribution in [3.63, 3.8) is 0 Å². The zero-order chi connectivity index (χ0) is 18.8. The highest BCUT2D eigenvalue weighted by molar-refractivity contribution is 6.00. The van der Waals surface area contributed by atoms with Crippen LogP contribution in [0.25, 0.3) is 10.9 Å². The number of rotatable bonds is 5. The third-order valence-electron chi connectivity index (χ3n) is 5.52. The van der Waals surface area contributed by atoms with E-state index in [4.69, 9.17) is 10.5 Å². The Morgan fingerprint density at radius 2 is 1.89 bits per heavy atom. The molecule has 0 radical (unpaired) electrons. The Morgan fingerprint density at radius 1 is 1.15 bits per heavy atom. The van der Waals surface area contributed by atoms with E-state index in [9.17, 15) is 4.79 Å². The maximum Gasteiger partial charge on any atom is 0.252 e. The number of hydrogen-bond donors (Lipinski definition) is 1. The van der Waals surface area contributed by atoms with E-state index in [1.54, 1.807) is 7.11 Å². The van der Waals surface area contributed by atoms with Gasteiger partial charge in [-0.3, -0.25) is 9.47 Å². The first-order chi connectivity index (χ1) is 13.2. The zero-order valence-electron chi connectivity index (χ0n) is 15.6. The van der Waals surface area contributed by atoms with E-state index in [-0.39, 0.29) is 0 Å². The maximum absolute atomic E-state index is 11.6. The average Bonchev–Trinajstić information content (AvgIpc) is 3.11. The summed E-state index contributed by atoms with van der Waals surface area (Å²) in [5, 5.41) is 3.36. The molecule has 1 saturated heterocycles. The fourth-order valence-corrected chi connectivity index (χ4v) is 4.04. The van der Waals surface area contributed by atoms with Gasteiger partial charge in [0.05, 0.1) is 18.2 Å². The molecule has 1 aliphatic rings. The molecule has 2 heterocycles. The monoisotopic (exact) mass is 363 g/mol.